The molecule has 25 heavy (non-hydrogen) atoms. The summed E-state index contributed by atoms with van der Waals surface area (Å²) in [7, 11) is 0. The smallest absolute Gasteiger partial charge is 0.110 e. The summed E-state index contributed by atoms with van der Waals surface area (Å²) in [4.78, 5) is 5.09. The van der Waals surface area contributed by atoms with Crippen molar-refractivity contribution in [3.05, 3.63) is 84.1 Å². The summed E-state index contributed by atoms with van der Waals surface area (Å²) in [5.41, 5.74) is 5.51. The van der Waals surface area contributed by atoms with Crippen LogP contribution in [0.15, 0.2) is 72.9 Å². The summed E-state index contributed by atoms with van der Waals surface area (Å²) in [6, 6.07) is 22.5. The highest BCUT2D eigenvalue weighted by molar-refractivity contribution is 7.81. The fraction of sp³-hybridized carbons (Fsp3) is 0.182. The van der Waals surface area contributed by atoms with E-state index in [4.69, 9.17) is 12.2 Å². The summed E-state index contributed by atoms with van der Waals surface area (Å²) in [6.07, 6.45) is 1.80. The third-order valence-electron chi connectivity index (χ3n) is 4.12. The number of nitrogens with one attached hydrogen (secondary N) is 1. The van der Waals surface area contributed by atoms with Crippen LogP contribution < -0.4 is 5.32 Å². The van der Waals surface area contributed by atoms with Crippen LogP contribution in [0.4, 0.5) is 5.69 Å². The van der Waals surface area contributed by atoms with Gasteiger partial charge in [-0.1, -0.05) is 75.5 Å². The van der Waals surface area contributed by atoms with E-state index in [1.54, 1.807) is 6.20 Å². The molecular formula is C22H22N2S. The number of anilines is 1. The molecule has 0 saturated carbocycles. The lowest BCUT2D eigenvalue weighted by molar-refractivity contribution is 0.590. The summed E-state index contributed by atoms with van der Waals surface area (Å²) < 4.78 is 0. The van der Waals surface area contributed by atoms with Crippen molar-refractivity contribution in [3.8, 4) is 11.3 Å². The molecule has 3 rings (SSSR count). The molecule has 3 heteroatoms. The van der Waals surface area contributed by atoms with E-state index in [-0.39, 0.29) is 5.41 Å². The van der Waals surface area contributed by atoms with Gasteiger partial charge in [0.05, 0.1) is 5.69 Å². The second kappa shape index (κ2) is 7.16. The molecule has 0 aliphatic heterocycles. The van der Waals surface area contributed by atoms with Crippen LogP contribution in [-0.4, -0.2) is 9.97 Å². The van der Waals surface area contributed by atoms with Gasteiger partial charge in [0.2, 0.25) is 0 Å². The van der Waals surface area contributed by atoms with E-state index in [0.29, 0.717) is 0 Å². The maximum atomic E-state index is 5.54. The van der Waals surface area contributed by atoms with Crippen molar-refractivity contribution >= 4 is 22.9 Å². The quantitative estimate of drug-likeness (QED) is 0.604. The predicted octanol–water partition coefficient (Wildman–Crippen LogP) is 5.83. The Balaban J connectivity index is 1.71. The minimum absolute atomic E-state index is 0.153. The van der Waals surface area contributed by atoms with E-state index in [2.05, 4.69) is 55.3 Å². The highest BCUT2D eigenvalue weighted by atomic mass is 32.1. The van der Waals surface area contributed by atoms with Crippen molar-refractivity contribution in [2.24, 2.45) is 0 Å². The standard InChI is InChI=1S/C22H22N2S/c1-22(2,3)18-11-13-19(14-12-18)24-21(25)17-9-7-16(8-10-17)20-6-4-5-15-23-20/h4-15H,1-3H3,(H,24,25). The van der Waals surface area contributed by atoms with Crippen molar-refractivity contribution in [1.82, 2.24) is 4.98 Å². The van der Waals surface area contributed by atoms with Crippen LogP contribution in [0.3, 0.4) is 0 Å². The zero-order valence-electron chi connectivity index (χ0n) is 14.8. The van der Waals surface area contributed by atoms with Gasteiger partial charge in [0.1, 0.15) is 4.99 Å². The Morgan fingerprint density at radius 1 is 0.880 bits per heavy atom. The number of hydrogen-bond donors (Lipinski definition) is 1. The molecule has 0 aliphatic rings. The van der Waals surface area contributed by atoms with Crippen LogP contribution in [-0.2, 0) is 5.41 Å². The molecule has 1 heterocycles. The van der Waals surface area contributed by atoms with Crippen molar-refractivity contribution < 1.29 is 0 Å². The Morgan fingerprint density at radius 3 is 2.12 bits per heavy atom. The van der Waals surface area contributed by atoms with Crippen LogP contribution in [0.5, 0.6) is 0 Å². The zero-order valence-corrected chi connectivity index (χ0v) is 15.6. The van der Waals surface area contributed by atoms with Gasteiger partial charge in [0, 0.05) is 23.0 Å². The molecule has 0 atom stereocenters. The molecule has 0 saturated heterocycles. The lowest BCUT2D eigenvalue weighted by atomic mass is 9.87. The van der Waals surface area contributed by atoms with Crippen LogP contribution >= 0.6 is 12.2 Å². The molecule has 0 radical (unpaired) electrons. The molecule has 0 unspecified atom stereocenters. The van der Waals surface area contributed by atoms with Gasteiger partial charge in [-0.25, -0.2) is 0 Å². The minimum Gasteiger partial charge on any atom is -0.346 e. The molecule has 0 amide bonds. The number of benzene rings is 2. The Morgan fingerprint density at radius 2 is 1.56 bits per heavy atom. The highest BCUT2D eigenvalue weighted by Crippen LogP contribution is 2.24. The van der Waals surface area contributed by atoms with Crippen molar-refractivity contribution in [2.45, 2.75) is 26.2 Å². The average molecular weight is 346 g/mol. The first kappa shape index (κ1) is 17.3. The number of pyridine rings is 1. The van der Waals surface area contributed by atoms with Crippen LogP contribution in [0.1, 0.15) is 31.9 Å². The third kappa shape index (κ3) is 4.31. The first-order valence-electron chi connectivity index (χ1n) is 8.37. The predicted molar refractivity (Wildman–Crippen MR) is 110 cm³/mol. The van der Waals surface area contributed by atoms with E-state index < -0.39 is 0 Å². The fourth-order valence-corrected chi connectivity index (χ4v) is 2.84. The van der Waals surface area contributed by atoms with Gasteiger partial charge in [-0.15, -0.1) is 0 Å². The molecule has 0 fully saturated rings. The Bertz CT molecular complexity index is 845. The maximum Gasteiger partial charge on any atom is 0.110 e. The average Bonchev–Trinajstić information content (AvgIpc) is 2.62. The van der Waals surface area contributed by atoms with E-state index in [1.807, 2.05) is 42.5 Å². The van der Waals surface area contributed by atoms with Crippen LogP contribution in [0.25, 0.3) is 11.3 Å². The molecule has 2 nitrogen and oxygen atoms in total. The van der Waals surface area contributed by atoms with Crippen molar-refractivity contribution in [1.29, 1.82) is 0 Å². The van der Waals surface area contributed by atoms with E-state index >= 15 is 0 Å². The fourth-order valence-electron chi connectivity index (χ4n) is 2.58. The maximum absolute atomic E-state index is 5.54. The second-order valence-corrected chi connectivity index (χ2v) is 7.48. The first-order valence-corrected chi connectivity index (χ1v) is 8.78. The molecule has 3 aromatic rings. The summed E-state index contributed by atoms with van der Waals surface area (Å²) in [5, 5.41) is 3.31. The molecule has 0 spiro atoms. The van der Waals surface area contributed by atoms with Gasteiger partial charge in [0.25, 0.3) is 0 Å². The number of aromatic nitrogens is 1. The topological polar surface area (TPSA) is 24.9 Å². The summed E-state index contributed by atoms with van der Waals surface area (Å²) >= 11 is 5.54. The van der Waals surface area contributed by atoms with Crippen LogP contribution in [0.2, 0.25) is 0 Å². The normalized spacial score (nSPS) is 11.2. The molecule has 0 bridgehead atoms. The van der Waals surface area contributed by atoms with Gasteiger partial charge in [-0.2, -0.15) is 0 Å². The molecule has 1 N–H and O–H groups in total. The SMILES string of the molecule is CC(C)(C)c1ccc(NC(=S)c2ccc(-c3ccccn3)cc2)cc1. The molecular weight excluding hydrogens is 324 g/mol. The first-order chi connectivity index (χ1) is 11.9. The Kier molecular flexibility index (Phi) is 4.95. The number of thiocarbonyl (C=S) groups is 1. The summed E-state index contributed by atoms with van der Waals surface area (Å²) in [5.74, 6) is 0. The minimum atomic E-state index is 0.153. The third-order valence-corrected chi connectivity index (χ3v) is 4.45. The monoisotopic (exact) mass is 346 g/mol. The van der Waals surface area contributed by atoms with E-state index in [0.717, 1.165) is 27.5 Å². The van der Waals surface area contributed by atoms with Gasteiger partial charge in [0.15, 0.2) is 0 Å². The van der Waals surface area contributed by atoms with Crippen molar-refractivity contribution in [3.63, 3.8) is 0 Å². The molecule has 2 aromatic carbocycles. The van der Waals surface area contributed by atoms with E-state index in [1.165, 1.54) is 5.56 Å². The molecule has 1 aromatic heterocycles. The molecule has 0 aliphatic carbocycles. The Labute approximate surface area is 154 Å². The van der Waals surface area contributed by atoms with E-state index in [9.17, 15) is 0 Å². The molecule has 126 valence electrons. The van der Waals surface area contributed by atoms with Crippen molar-refractivity contribution in [2.75, 3.05) is 5.32 Å². The summed E-state index contributed by atoms with van der Waals surface area (Å²) in [6.45, 7) is 6.63. The van der Waals surface area contributed by atoms with Gasteiger partial charge < -0.3 is 5.32 Å². The Hall–Kier alpha value is -2.52. The number of rotatable bonds is 3. The van der Waals surface area contributed by atoms with Crippen LogP contribution in [0, 0.1) is 0 Å². The number of hydrogen-bond acceptors (Lipinski definition) is 2. The van der Waals surface area contributed by atoms with Gasteiger partial charge >= 0.3 is 0 Å². The second-order valence-electron chi connectivity index (χ2n) is 7.07. The lowest BCUT2D eigenvalue weighted by Gasteiger charge is -2.19. The number of nitrogens with zero attached hydrogens (tertiary/aromatic N) is 1. The zero-order chi connectivity index (χ0) is 17.9. The lowest BCUT2D eigenvalue weighted by Crippen LogP contribution is -2.12. The largest absolute Gasteiger partial charge is 0.346 e. The van der Waals surface area contributed by atoms with Gasteiger partial charge in [-0.05, 0) is 35.2 Å². The van der Waals surface area contributed by atoms with Gasteiger partial charge in [-0.3, -0.25) is 4.98 Å². The highest BCUT2D eigenvalue weighted by Gasteiger charge is 2.13.